The summed E-state index contributed by atoms with van der Waals surface area (Å²) in [4.78, 5) is 4.81. The quantitative estimate of drug-likeness (QED) is 0.928. The van der Waals surface area contributed by atoms with Gasteiger partial charge < -0.3 is 14.7 Å². The summed E-state index contributed by atoms with van der Waals surface area (Å²) >= 11 is 5.82. The summed E-state index contributed by atoms with van der Waals surface area (Å²) in [6.07, 6.45) is 0. The van der Waals surface area contributed by atoms with E-state index >= 15 is 0 Å². The summed E-state index contributed by atoms with van der Waals surface area (Å²) in [6, 6.07) is 12.8. The van der Waals surface area contributed by atoms with Gasteiger partial charge in [0, 0.05) is 43.8 Å². The smallest absolute Gasteiger partial charge is 0.169 e. The third kappa shape index (κ3) is 4.38. The average molecular weight is 333 g/mol. The lowest BCUT2D eigenvalue weighted by atomic mass is 10.2. The van der Waals surface area contributed by atoms with E-state index in [-0.39, 0.29) is 5.75 Å². The van der Waals surface area contributed by atoms with Crippen LogP contribution in [0.3, 0.4) is 0 Å². The highest BCUT2D eigenvalue weighted by Gasteiger charge is 2.13. The van der Waals surface area contributed by atoms with Gasteiger partial charge in [-0.15, -0.1) is 0 Å². The predicted molar refractivity (Wildman–Crippen MR) is 92.4 cm³/mol. The van der Waals surface area contributed by atoms with Crippen LogP contribution in [0.2, 0.25) is 5.02 Å². The second-order valence-electron chi connectivity index (χ2n) is 5.94. The minimum absolute atomic E-state index is 0.0408. The Kier molecular flexibility index (Phi) is 5.06. The van der Waals surface area contributed by atoms with E-state index in [0.29, 0.717) is 16.5 Å². The van der Waals surface area contributed by atoms with Crippen LogP contribution in [0, 0.1) is 0 Å². The van der Waals surface area contributed by atoms with Crippen molar-refractivity contribution in [3.63, 3.8) is 0 Å². The number of nitrogens with zero attached hydrogens (tertiary/aromatic N) is 2. The Hall–Kier alpha value is -1.75. The molecule has 122 valence electrons. The summed E-state index contributed by atoms with van der Waals surface area (Å²) < 4.78 is 5.69. The molecule has 3 rings (SSSR count). The number of benzene rings is 2. The molecule has 0 spiro atoms. The number of phenolic OH excluding ortho intramolecular Hbond substituents is 1. The number of ether oxygens (including phenoxy) is 1. The highest BCUT2D eigenvalue weighted by molar-refractivity contribution is 6.30. The Balaban J connectivity index is 1.60. The zero-order valence-corrected chi connectivity index (χ0v) is 14.0. The van der Waals surface area contributed by atoms with Crippen molar-refractivity contribution in [2.24, 2.45) is 0 Å². The van der Waals surface area contributed by atoms with E-state index < -0.39 is 0 Å². The third-order valence-corrected chi connectivity index (χ3v) is 4.31. The fourth-order valence-corrected chi connectivity index (χ4v) is 2.80. The van der Waals surface area contributed by atoms with Crippen molar-refractivity contribution < 1.29 is 9.84 Å². The van der Waals surface area contributed by atoms with Crippen molar-refractivity contribution in [3.8, 4) is 17.2 Å². The molecule has 0 unspecified atom stereocenters. The van der Waals surface area contributed by atoms with Crippen LogP contribution in [0.25, 0.3) is 0 Å². The normalized spacial score (nSPS) is 16.4. The molecule has 0 aliphatic carbocycles. The van der Waals surface area contributed by atoms with Gasteiger partial charge in [0.25, 0.3) is 0 Å². The van der Waals surface area contributed by atoms with Crippen LogP contribution in [0.15, 0.2) is 42.5 Å². The number of phenols is 1. The van der Waals surface area contributed by atoms with E-state index in [2.05, 4.69) is 29.0 Å². The van der Waals surface area contributed by atoms with Gasteiger partial charge in [0.05, 0.1) is 0 Å². The summed E-state index contributed by atoms with van der Waals surface area (Å²) in [6.45, 7) is 5.41. The van der Waals surface area contributed by atoms with Gasteiger partial charge in [-0.2, -0.15) is 0 Å². The molecule has 0 aromatic heterocycles. The molecule has 1 aliphatic heterocycles. The van der Waals surface area contributed by atoms with Crippen LogP contribution in [0.4, 0.5) is 0 Å². The average Bonchev–Trinajstić information content (AvgIpc) is 2.54. The Morgan fingerprint density at radius 1 is 1.04 bits per heavy atom. The Bertz CT molecular complexity index is 653. The zero-order valence-electron chi connectivity index (χ0n) is 13.2. The molecule has 1 fully saturated rings. The SMILES string of the molecule is CN1CCN(Cc2ccc(Oc3ccc(Cl)cc3O)cc2)CC1. The van der Waals surface area contributed by atoms with E-state index in [4.69, 9.17) is 16.3 Å². The first-order chi connectivity index (χ1) is 11.1. The van der Waals surface area contributed by atoms with E-state index in [1.54, 1.807) is 12.1 Å². The fourth-order valence-electron chi connectivity index (χ4n) is 2.63. The summed E-state index contributed by atoms with van der Waals surface area (Å²) in [5.41, 5.74) is 1.27. The number of likely N-dealkylation sites (N-methyl/N-ethyl adjacent to an activating group) is 1. The lowest BCUT2D eigenvalue weighted by Gasteiger charge is -2.32. The van der Waals surface area contributed by atoms with Crippen LogP contribution in [-0.2, 0) is 6.54 Å². The molecule has 4 nitrogen and oxygen atoms in total. The maximum absolute atomic E-state index is 9.82. The molecule has 23 heavy (non-hydrogen) atoms. The minimum Gasteiger partial charge on any atom is -0.504 e. The van der Waals surface area contributed by atoms with Gasteiger partial charge in [-0.25, -0.2) is 0 Å². The predicted octanol–water partition coefficient (Wildman–Crippen LogP) is 3.59. The van der Waals surface area contributed by atoms with Gasteiger partial charge in [0.15, 0.2) is 11.5 Å². The summed E-state index contributed by atoms with van der Waals surface area (Å²) in [7, 11) is 2.16. The molecule has 2 aromatic carbocycles. The third-order valence-electron chi connectivity index (χ3n) is 4.07. The van der Waals surface area contributed by atoms with E-state index in [0.717, 1.165) is 32.7 Å². The van der Waals surface area contributed by atoms with Gasteiger partial charge in [-0.05, 0) is 36.9 Å². The van der Waals surface area contributed by atoms with Crippen LogP contribution >= 0.6 is 11.6 Å². The minimum atomic E-state index is 0.0408. The summed E-state index contributed by atoms with van der Waals surface area (Å²) in [5, 5.41) is 10.3. The number of piperazine rings is 1. The topological polar surface area (TPSA) is 35.9 Å². The van der Waals surface area contributed by atoms with Crippen molar-refractivity contribution in [1.82, 2.24) is 9.80 Å². The van der Waals surface area contributed by atoms with Gasteiger partial charge >= 0.3 is 0 Å². The first-order valence-electron chi connectivity index (χ1n) is 7.76. The second-order valence-corrected chi connectivity index (χ2v) is 6.37. The molecule has 0 amide bonds. The molecule has 2 aromatic rings. The highest BCUT2D eigenvalue weighted by atomic mass is 35.5. The van der Waals surface area contributed by atoms with Crippen molar-refractivity contribution >= 4 is 11.6 Å². The number of rotatable bonds is 4. The molecule has 1 heterocycles. The van der Waals surface area contributed by atoms with Crippen LogP contribution in [-0.4, -0.2) is 48.1 Å². The van der Waals surface area contributed by atoms with Crippen molar-refractivity contribution in [2.45, 2.75) is 6.54 Å². The van der Waals surface area contributed by atoms with Gasteiger partial charge in [0.1, 0.15) is 5.75 Å². The molecule has 1 N–H and O–H groups in total. The molecule has 1 aliphatic rings. The monoisotopic (exact) mass is 332 g/mol. The first-order valence-corrected chi connectivity index (χ1v) is 8.14. The number of aromatic hydroxyl groups is 1. The van der Waals surface area contributed by atoms with Gasteiger partial charge in [-0.3, -0.25) is 4.90 Å². The molecule has 0 radical (unpaired) electrons. The van der Waals surface area contributed by atoms with Crippen molar-refractivity contribution in [2.75, 3.05) is 33.2 Å². The molecule has 0 atom stereocenters. The van der Waals surface area contributed by atoms with Gasteiger partial charge in [-0.1, -0.05) is 23.7 Å². The number of halogens is 1. The molecular weight excluding hydrogens is 312 g/mol. The van der Waals surface area contributed by atoms with E-state index in [1.165, 1.54) is 11.6 Å². The lowest BCUT2D eigenvalue weighted by Crippen LogP contribution is -2.43. The van der Waals surface area contributed by atoms with Crippen LogP contribution in [0.5, 0.6) is 17.2 Å². The number of hydrogen-bond acceptors (Lipinski definition) is 4. The van der Waals surface area contributed by atoms with Crippen molar-refractivity contribution in [1.29, 1.82) is 0 Å². The molecule has 5 heteroatoms. The summed E-state index contributed by atoms with van der Waals surface area (Å²) in [5.74, 6) is 1.14. The van der Waals surface area contributed by atoms with Gasteiger partial charge in [0.2, 0.25) is 0 Å². The first kappa shape index (κ1) is 16.1. The molecule has 1 saturated heterocycles. The maximum atomic E-state index is 9.82. The standard InChI is InChI=1S/C18H21ClN2O2/c1-20-8-10-21(11-9-20)13-14-2-5-16(6-3-14)23-18-7-4-15(19)12-17(18)22/h2-7,12,22H,8-11,13H2,1H3. The highest BCUT2D eigenvalue weighted by Crippen LogP contribution is 2.32. The molecule has 0 bridgehead atoms. The lowest BCUT2D eigenvalue weighted by molar-refractivity contribution is 0.148. The number of hydrogen-bond donors (Lipinski definition) is 1. The largest absolute Gasteiger partial charge is 0.504 e. The fraction of sp³-hybridized carbons (Fsp3) is 0.333. The zero-order chi connectivity index (χ0) is 16.2. The van der Waals surface area contributed by atoms with Crippen LogP contribution in [0.1, 0.15) is 5.56 Å². The Morgan fingerprint density at radius 2 is 1.74 bits per heavy atom. The molecule has 0 saturated carbocycles. The van der Waals surface area contributed by atoms with E-state index in [1.807, 2.05) is 12.1 Å². The Labute approximate surface area is 141 Å². The van der Waals surface area contributed by atoms with Crippen LogP contribution < -0.4 is 4.74 Å². The van der Waals surface area contributed by atoms with Crippen molar-refractivity contribution in [3.05, 3.63) is 53.1 Å². The molecular formula is C18H21ClN2O2. The second kappa shape index (κ2) is 7.21. The van der Waals surface area contributed by atoms with E-state index in [9.17, 15) is 5.11 Å². The Morgan fingerprint density at radius 3 is 2.39 bits per heavy atom. The maximum Gasteiger partial charge on any atom is 0.169 e.